The van der Waals surface area contributed by atoms with Gasteiger partial charge in [-0.3, -0.25) is 5.32 Å². The zero-order valence-corrected chi connectivity index (χ0v) is 21.1. The monoisotopic (exact) mass is 488 g/mol. The van der Waals surface area contributed by atoms with Crippen LogP contribution in [0.4, 0.5) is 10.5 Å². The fourth-order valence-corrected chi connectivity index (χ4v) is 5.98. The minimum absolute atomic E-state index is 0.0824. The van der Waals surface area contributed by atoms with Gasteiger partial charge in [0.1, 0.15) is 11.8 Å². The number of H-pyrrole nitrogens is 1. The molecular formula is C27H30N5O2S+. The lowest BCUT2D eigenvalue weighted by molar-refractivity contribution is -0.781. The maximum atomic E-state index is 13.8. The second-order valence-corrected chi connectivity index (χ2v) is 10.2. The van der Waals surface area contributed by atoms with E-state index >= 15 is 0 Å². The lowest BCUT2D eigenvalue weighted by Crippen LogP contribution is -2.61. The number of aryl methyl sites for hydroxylation is 2. The third kappa shape index (κ3) is 4.17. The van der Waals surface area contributed by atoms with Crippen LogP contribution in [0, 0.1) is 13.8 Å². The van der Waals surface area contributed by atoms with Crippen LogP contribution < -0.4 is 5.32 Å². The second kappa shape index (κ2) is 9.36. The van der Waals surface area contributed by atoms with Crippen molar-refractivity contribution in [2.75, 3.05) is 17.6 Å². The Kier molecular flexibility index (Phi) is 6.25. The molecular weight excluding hydrogens is 458 g/mol. The summed E-state index contributed by atoms with van der Waals surface area (Å²) in [5.74, 6) is 0.0819. The number of quaternary nitrogens is 1. The van der Waals surface area contributed by atoms with E-state index in [0.29, 0.717) is 17.4 Å². The summed E-state index contributed by atoms with van der Waals surface area (Å²) in [6.07, 6.45) is 1.68. The Morgan fingerprint density at radius 2 is 1.80 bits per heavy atom. The number of imide groups is 1. The first-order valence-electron chi connectivity index (χ1n) is 11.9. The number of carbonyl (C=O) groups is 2. The van der Waals surface area contributed by atoms with Crippen LogP contribution >= 0.6 is 11.8 Å². The highest BCUT2D eigenvalue weighted by Crippen LogP contribution is 2.32. The van der Waals surface area contributed by atoms with Gasteiger partial charge in [-0.1, -0.05) is 36.0 Å². The summed E-state index contributed by atoms with van der Waals surface area (Å²) < 4.78 is 1.93. The number of fused-ring (bicyclic) bond motifs is 1. The maximum Gasteiger partial charge on any atom is 0.428 e. The van der Waals surface area contributed by atoms with Gasteiger partial charge in [-0.2, -0.15) is 4.48 Å². The normalized spacial score (nSPS) is 19.8. The Morgan fingerprint density at radius 3 is 2.51 bits per heavy atom. The molecule has 35 heavy (non-hydrogen) atoms. The quantitative estimate of drug-likeness (QED) is 0.274. The van der Waals surface area contributed by atoms with Gasteiger partial charge in [0.05, 0.1) is 29.0 Å². The molecule has 1 aliphatic rings. The molecule has 0 bridgehead atoms. The number of aromatic amines is 1. The van der Waals surface area contributed by atoms with Crippen molar-refractivity contribution in [2.45, 2.75) is 44.8 Å². The number of hydrogen-bond donors (Lipinski definition) is 2. The molecule has 2 aromatic carbocycles. The minimum Gasteiger partial charge on any atom is -0.333 e. The Bertz CT molecular complexity index is 1360. The van der Waals surface area contributed by atoms with Crippen LogP contribution in [0.1, 0.15) is 31.2 Å². The first-order valence-corrected chi connectivity index (χ1v) is 12.9. The first-order chi connectivity index (χ1) is 16.9. The lowest BCUT2D eigenvalue weighted by atomic mass is 10.2. The number of urea groups is 1. The second-order valence-electron chi connectivity index (χ2n) is 9.22. The topological polar surface area (TPSA) is 79.8 Å². The van der Waals surface area contributed by atoms with E-state index in [0.717, 1.165) is 41.0 Å². The van der Waals surface area contributed by atoms with Crippen LogP contribution in [0.25, 0.3) is 16.7 Å². The molecule has 4 aromatic rings. The molecule has 3 amide bonds. The highest BCUT2D eigenvalue weighted by atomic mass is 32.2. The predicted molar refractivity (Wildman–Crippen MR) is 140 cm³/mol. The molecule has 0 spiro atoms. The molecule has 0 aliphatic carbocycles. The van der Waals surface area contributed by atoms with Crippen molar-refractivity contribution in [3.05, 3.63) is 72.1 Å². The number of benzene rings is 2. The molecule has 1 saturated heterocycles. The van der Waals surface area contributed by atoms with E-state index in [1.54, 1.807) is 0 Å². The molecule has 1 fully saturated rings. The smallest absolute Gasteiger partial charge is 0.333 e. The van der Waals surface area contributed by atoms with Crippen molar-refractivity contribution in [1.29, 1.82) is 0 Å². The van der Waals surface area contributed by atoms with Gasteiger partial charge in [-0.05, 0) is 57.2 Å². The number of amides is 3. The molecule has 3 heterocycles. The van der Waals surface area contributed by atoms with Crippen molar-refractivity contribution in [1.82, 2.24) is 14.5 Å². The SMILES string of the molecule is Cc1ccc(C)n1-c1ccccc1NC(=O)[N+]1(C(=O)CSc2nc3ccccc3[nH]2)CCC[C@H]1C. The van der Waals surface area contributed by atoms with Crippen molar-refractivity contribution in [3.8, 4) is 5.69 Å². The van der Waals surface area contributed by atoms with Gasteiger partial charge in [0.25, 0.3) is 0 Å². The number of anilines is 1. The van der Waals surface area contributed by atoms with E-state index in [-0.39, 0.29) is 28.2 Å². The average Bonchev–Trinajstić information content (AvgIpc) is 3.54. The van der Waals surface area contributed by atoms with Crippen molar-refractivity contribution < 1.29 is 14.1 Å². The Morgan fingerprint density at radius 1 is 1.09 bits per heavy atom. The van der Waals surface area contributed by atoms with E-state index in [9.17, 15) is 9.59 Å². The number of thioether (sulfide) groups is 1. The Labute approximate surface area is 209 Å². The summed E-state index contributed by atoms with van der Waals surface area (Å²) in [4.78, 5) is 35.3. The van der Waals surface area contributed by atoms with Crippen molar-refractivity contribution in [3.63, 3.8) is 0 Å². The number of para-hydroxylation sites is 4. The molecule has 1 unspecified atom stereocenters. The highest BCUT2D eigenvalue weighted by Gasteiger charge is 2.52. The van der Waals surface area contributed by atoms with Gasteiger partial charge in [0, 0.05) is 24.2 Å². The molecule has 180 valence electrons. The van der Waals surface area contributed by atoms with Crippen molar-refractivity contribution in [2.24, 2.45) is 0 Å². The summed E-state index contributed by atoms with van der Waals surface area (Å²) in [6.45, 7) is 6.60. The lowest BCUT2D eigenvalue weighted by Gasteiger charge is -2.33. The number of likely N-dealkylation sites (tertiary alicyclic amines) is 1. The number of rotatable bonds is 5. The van der Waals surface area contributed by atoms with E-state index in [2.05, 4.69) is 32.0 Å². The van der Waals surface area contributed by atoms with Crippen LogP contribution in [0.3, 0.4) is 0 Å². The molecule has 8 heteroatoms. The summed E-state index contributed by atoms with van der Waals surface area (Å²) in [5.41, 5.74) is 5.57. The summed E-state index contributed by atoms with van der Waals surface area (Å²) in [7, 11) is 0. The van der Waals surface area contributed by atoms with Crippen LogP contribution in [0.15, 0.2) is 65.8 Å². The van der Waals surface area contributed by atoms with E-state index in [1.807, 2.05) is 69.3 Å². The number of hydrogen-bond acceptors (Lipinski definition) is 4. The molecule has 2 atom stereocenters. The molecule has 1 aliphatic heterocycles. The minimum atomic E-state index is -0.264. The summed E-state index contributed by atoms with van der Waals surface area (Å²) >= 11 is 1.35. The zero-order valence-electron chi connectivity index (χ0n) is 20.2. The molecule has 2 aromatic heterocycles. The Hall–Kier alpha value is -3.36. The first kappa shape index (κ1) is 23.4. The zero-order chi connectivity index (χ0) is 24.6. The van der Waals surface area contributed by atoms with Gasteiger partial charge >= 0.3 is 11.9 Å². The third-order valence-electron chi connectivity index (χ3n) is 7.05. The molecule has 5 rings (SSSR count). The summed E-state index contributed by atoms with van der Waals surface area (Å²) in [5, 5.41) is 3.81. The number of carbonyl (C=O) groups excluding carboxylic acids is 2. The van der Waals surface area contributed by atoms with E-state index < -0.39 is 0 Å². The standard InChI is InChI=1S/C27H29N5O2S/c1-18-14-15-19(2)31(18)24-13-7-6-12-23(24)30-27(34)32(16-8-9-20(32)3)25(33)17-35-26-28-21-10-4-5-11-22(21)29-26/h4-7,10-15,20H,8-9,16-17H2,1-3H3,(H-,28,29,30,34)/p+1/t20-,32?/m1/s1. The van der Waals surface area contributed by atoms with Gasteiger partial charge < -0.3 is 9.55 Å². The molecule has 0 radical (unpaired) electrons. The van der Waals surface area contributed by atoms with Gasteiger partial charge in [0.15, 0.2) is 5.16 Å². The fourth-order valence-electron chi connectivity index (χ4n) is 5.14. The van der Waals surface area contributed by atoms with Crippen LogP contribution in [0.2, 0.25) is 0 Å². The van der Waals surface area contributed by atoms with Crippen LogP contribution in [-0.2, 0) is 4.79 Å². The van der Waals surface area contributed by atoms with Gasteiger partial charge in [0.2, 0.25) is 0 Å². The number of nitrogens with one attached hydrogen (secondary N) is 2. The van der Waals surface area contributed by atoms with Crippen LogP contribution in [0.5, 0.6) is 0 Å². The number of nitrogens with zero attached hydrogens (tertiary/aromatic N) is 3. The van der Waals surface area contributed by atoms with Gasteiger partial charge in [-0.25, -0.2) is 14.6 Å². The maximum absolute atomic E-state index is 13.8. The molecule has 2 N–H and O–H groups in total. The average molecular weight is 489 g/mol. The number of imidazole rings is 1. The van der Waals surface area contributed by atoms with E-state index in [4.69, 9.17) is 0 Å². The summed E-state index contributed by atoms with van der Waals surface area (Å²) in [6, 6.07) is 19.3. The van der Waals surface area contributed by atoms with Crippen LogP contribution in [-0.4, -0.2) is 49.3 Å². The number of aromatic nitrogens is 3. The van der Waals surface area contributed by atoms with E-state index in [1.165, 1.54) is 11.8 Å². The van der Waals surface area contributed by atoms with Crippen molar-refractivity contribution >= 4 is 40.4 Å². The largest absolute Gasteiger partial charge is 0.428 e. The predicted octanol–water partition coefficient (Wildman–Crippen LogP) is 5.82. The fraction of sp³-hybridized carbons (Fsp3) is 0.296. The molecule has 7 nitrogen and oxygen atoms in total. The Balaban J connectivity index is 1.40. The highest BCUT2D eigenvalue weighted by molar-refractivity contribution is 7.99. The van der Waals surface area contributed by atoms with Gasteiger partial charge in [-0.15, -0.1) is 0 Å². The third-order valence-corrected chi connectivity index (χ3v) is 7.91. The molecule has 0 saturated carbocycles.